The Kier molecular flexibility index (Phi) is 4.76. The lowest BCUT2D eigenvalue weighted by molar-refractivity contribution is -0.150. The molecule has 0 heterocycles. The van der Waals surface area contributed by atoms with Gasteiger partial charge in [-0.2, -0.15) is 0 Å². The average molecular weight is 172 g/mol. The second kappa shape index (κ2) is 5.35. The number of aliphatic carboxylic acids is 1. The number of rotatable bonds is 4. The third kappa shape index (κ3) is 6.80. The Hall–Kier alpha value is -1.32. The second-order valence-corrected chi connectivity index (χ2v) is 2.54. The van der Waals surface area contributed by atoms with Crippen LogP contribution in [-0.2, 0) is 14.3 Å². The van der Waals surface area contributed by atoms with Crippen LogP contribution in [-0.4, -0.2) is 23.7 Å². The zero-order chi connectivity index (χ0) is 9.56. The van der Waals surface area contributed by atoms with Gasteiger partial charge in [-0.05, 0) is 19.9 Å². The Labute approximate surface area is 70.8 Å². The molecule has 0 radical (unpaired) electrons. The summed E-state index contributed by atoms with van der Waals surface area (Å²) in [5, 5.41) is 8.18. The Bertz CT molecular complexity index is 201. The Morgan fingerprint density at radius 2 is 2.00 bits per heavy atom. The summed E-state index contributed by atoms with van der Waals surface area (Å²) in [5.74, 6) is -1.88. The maximum absolute atomic E-state index is 10.6. The SMILES string of the molecule is CC(C)=CCOC(=O)CC(=O)O. The van der Waals surface area contributed by atoms with E-state index in [1.165, 1.54) is 0 Å². The van der Waals surface area contributed by atoms with Gasteiger partial charge in [-0.15, -0.1) is 0 Å². The smallest absolute Gasteiger partial charge is 0.317 e. The summed E-state index contributed by atoms with van der Waals surface area (Å²) in [6.07, 6.45) is 1.14. The molecule has 0 aliphatic rings. The lowest BCUT2D eigenvalue weighted by atomic mass is 10.3. The van der Waals surface area contributed by atoms with Gasteiger partial charge in [0.15, 0.2) is 0 Å². The van der Waals surface area contributed by atoms with Crippen LogP contribution in [0, 0.1) is 0 Å². The van der Waals surface area contributed by atoms with E-state index in [1.54, 1.807) is 6.08 Å². The fourth-order valence-corrected chi connectivity index (χ4v) is 0.476. The molecule has 12 heavy (non-hydrogen) atoms. The zero-order valence-corrected chi connectivity index (χ0v) is 7.16. The molecule has 0 fully saturated rings. The van der Waals surface area contributed by atoms with Gasteiger partial charge in [0.1, 0.15) is 13.0 Å². The Balaban J connectivity index is 3.58. The van der Waals surface area contributed by atoms with E-state index in [4.69, 9.17) is 5.11 Å². The summed E-state index contributed by atoms with van der Waals surface area (Å²) in [6, 6.07) is 0. The predicted octanol–water partition coefficient (Wildman–Crippen LogP) is 0.970. The van der Waals surface area contributed by atoms with Gasteiger partial charge in [0, 0.05) is 0 Å². The fourth-order valence-electron chi connectivity index (χ4n) is 0.476. The van der Waals surface area contributed by atoms with Crippen molar-refractivity contribution < 1.29 is 19.4 Å². The molecular weight excluding hydrogens is 160 g/mol. The first-order chi connectivity index (χ1) is 5.52. The molecule has 0 amide bonds. The van der Waals surface area contributed by atoms with Crippen molar-refractivity contribution in [2.45, 2.75) is 20.3 Å². The van der Waals surface area contributed by atoms with Crippen LogP contribution >= 0.6 is 0 Å². The molecule has 0 atom stereocenters. The van der Waals surface area contributed by atoms with Gasteiger partial charge in [-0.25, -0.2) is 0 Å². The largest absolute Gasteiger partial charge is 0.481 e. The lowest BCUT2D eigenvalue weighted by Gasteiger charge is -1.98. The van der Waals surface area contributed by atoms with Crippen molar-refractivity contribution in [2.75, 3.05) is 6.61 Å². The summed E-state index contributed by atoms with van der Waals surface area (Å²) in [4.78, 5) is 20.6. The molecule has 0 aromatic rings. The van der Waals surface area contributed by atoms with Gasteiger partial charge in [-0.3, -0.25) is 9.59 Å². The van der Waals surface area contributed by atoms with Crippen molar-refractivity contribution in [3.05, 3.63) is 11.6 Å². The van der Waals surface area contributed by atoms with Gasteiger partial charge in [0.2, 0.25) is 0 Å². The number of hydrogen-bond acceptors (Lipinski definition) is 3. The first-order valence-electron chi connectivity index (χ1n) is 3.53. The van der Waals surface area contributed by atoms with Crippen LogP contribution in [0.2, 0.25) is 0 Å². The molecule has 0 aromatic heterocycles. The third-order valence-corrected chi connectivity index (χ3v) is 1.03. The van der Waals surface area contributed by atoms with E-state index >= 15 is 0 Å². The van der Waals surface area contributed by atoms with Crippen LogP contribution in [0.25, 0.3) is 0 Å². The number of ether oxygens (including phenoxy) is 1. The minimum Gasteiger partial charge on any atom is -0.481 e. The van der Waals surface area contributed by atoms with Crippen LogP contribution in [0.5, 0.6) is 0 Å². The monoisotopic (exact) mass is 172 g/mol. The third-order valence-electron chi connectivity index (χ3n) is 1.03. The topological polar surface area (TPSA) is 63.6 Å². The molecule has 0 aromatic carbocycles. The highest BCUT2D eigenvalue weighted by Gasteiger charge is 2.06. The van der Waals surface area contributed by atoms with E-state index in [0.29, 0.717) is 0 Å². The number of carboxylic acids is 1. The van der Waals surface area contributed by atoms with Crippen molar-refractivity contribution in [3.8, 4) is 0 Å². The highest BCUT2D eigenvalue weighted by atomic mass is 16.5. The molecular formula is C8H12O4. The van der Waals surface area contributed by atoms with Gasteiger partial charge in [0.25, 0.3) is 0 Å². The number of carbonyl (C=O) groups excluding carboxylic acids is 1. The molecule has 4 nitrogen and oxygen atoms in total. The highest BCUT2D eigenvalue weighted by molar-refractivity contribution is 5.90. The number of hydrogen-bond donors (Lipinski definition) is 1. The van der Waals surface area contributed by atoms with Crippen LogP contribution in [0.15, 0.2) is 11.6 Å². The molecule has 0 aliphatic heterocycles. The molecule has 0 unspecified atom stereocenters. The van der Waals surface area contributed by atoms with E-state index in [2.05, 4.69) is 4.74 Å². The molecule has 4 heteroatoms. The molecule has 0 saturated carbocycles. The van der Waals surface area contributed by atoms with Gasteiger partial charge in [-0.1, -0.05) is 5.57 Å². The minimum absolute atomic E-state index is 0.147. The van der Waals surface area contributed by atoms with Gasteiger partial charge in [0.05, 0.1) is 0 Å². The normalized spacial score (nSPS) is 8.83. The molecule has 1 N–H and O–H groups in total. The predicted molar refractivity (Wildman–Crippen MR) is 42.6 cm³/mol. The summed E-state index contributed by atoms with van der Waals surface area (Å²) in [5.41, 5.74) is 1.03. The molecule has 0 aliphatic carbocycles. The molecule has 0 spiro atoms. The van der Waals surface area contributed by atoms with E-state index in [0.717, 1.165) is 5.57 Å². The first-order valence-corrected chi connectivity index (χ1v) is 3.53. The average Bonchev–Trinajstić information content (AvgIpc) is 1.84. The van der Waals surface area contributed by atoms with Crippen LogP contribution in [0.3, 0.4) is 0 Å². The number of carboxylic acid groups (broad SMARTS) is 1. The van der Waals surface area contributed by atoms with Crippen molar-refractivity contribution in [2.24, 2.45) is 0 Å². The summed E-state index contributed by atoms with van der Waals surface area (Å²) in [6.45, 7) is 3.88. The summed E-state index contributed by atoms with van der Waals surface area (Å²) >= 11 is 0. The number of esters is 1. The minimum atomic E-state index is -1.17. The van der Waals surface area contributed by atoms with Crippen molar-refractivity contribution in [1.29, 1.82) is 0 Å². The maximum atomic E-state index is 10.6. The van der Waals surface area contributed by atoms with Crippen LogP contribution < -0.4 is 0 Å². The first kappa shape index (κ1) is 10.7. The Morgan fingerprint density at radius 3 is 2.42 bits per heavy atom. The second-order valence-electron chi connectivity index (χ2n) is 2.54. The Morgan fingerprint density at radius 1 is 1.42 bits per heavy atom. The number of carbonyl (C=O) groups is 2. The molecule has 0 saturated heterocycles. The van der Waals surface area contributed by atoms with Crippen molar-refractivity contribution in [3.63, 3.8) is 0 Å². The molecule has 0 rings (SSSR count). The molecule has 0 bridgehead atoms. The summed E-state index contributed by atoms with van der Waals surface area (Å²) in [7, 11) is 0. The standard InChI is InChI=1S/C8H12O4/c1-6(2)3-4-12-8(11)5-7(9)10/h3H,4-5H2,1-2H3,(H,9,10). The lowest BCUT2D eigenvalue weighted by Crippen LogP contribution is -2.10. The maximum Gasteiger partial charge on any atom is 0.317 e. The van der Waals surface area contributed by atoms with E-state index in [-0.39, 0.29) is 6.61 Å². The van der Waals surface area contributed by atoms with Gasteiger partial charge >= 0.3 is 11.9 Å². The zero-order valence-electron chi connectivity index (χ0n) is 7.16. The molecule has 68 valence electrons. The van der Waals surface area contributed by atoms with E-state index in [9.17, 15) is 9.59 Å². The van der Waals surface area contributed by atoms with Crippen molar-refractivity contribution >= 4 is 11.9 Å². The van der Waals surface area contributed by atoms with Crippen LogP contribution in [0.4, 0.5) is 0 Å². The quantitative estimate of drug-likeness (QED) is 0.390. The highest BCUT2D eigenvalue weighted by Crippen LogP contribution is 1.91. The number of allylic oxidation sites excluding steroid dienone is 1. The summed E-state index contributed by atoms with van der Waals surface area (Å²) < 4.78 is 4.57. The van der Waals surface area contributed by atoms with E-state index < -0.39 is 18.4 Å². The van der Waals surface area contributed by atoms with Crippen LogP contribution in [0.1, 0.15) is 20.3 Å². The van der Waals surface area contributed by atoms with Crippen molar-refractivity contribution in [1.82, 2.24) is 0 Å². The fraction of sp³-hybridized carbons (Fsp3) is 0.500. The van der Waals surface area contributed by atoms with E-state index in [1.807, 2.05) is 13.8 Å². The van der Waals surface area contributed by atoms with Gasteiger partial charge < -0.3 is 9.84 Å².